The molecule has 0 saturated heterocycles. The quantitative estimate of drug-likeness (QED) is 0.431. The molecule has 6 heteroatoms. The number of hydrazine groups is 1. The lowest BCUT2D eigenvalue weighted by Crippen LogP contribution is -2.43. The smallest absolute Gasteiger partial charge is 0.269 e. The summed E-state index contributed by atoms with van der Waals surface area (Å²) in [5, 5.41) is 3.38. The number of rotatable bonds is 5. The van der Waals surface area contributed by atoms with E-state index in [2.05, 4.69) is 22.2 Å². The topological polar surface area (TPSA) is 62.4 Å². The van der Waals surface area contributed by atoms with Crippen LogP contribution < -0.4 is 20.9 Å². The van der Waals surface area contributed by atoms with Gasteiger partial charge in [-0.05, 0) is 79.2 Å². The van der Waals surface area contributed by atoms with Gasteiger partial charge < -0.3 is 10.1 Å². The largest absolute Gasteiger partial charge is 0.489 e. The van der Waals surface area contributed by atoms with Gasteiger partial charge in [-0.2, -0.15) is 0 Å². The molecule has 3 aromatic rings. The summed E-state index contributed by atoms with van der Waals surface area (Å²) in [6.45, 7) is 4.48. The molecule has 29 heavy (non-hydrogen) atoms. The maximum Gasteiger partial charge on any atom is 0.269 e. The Morgan fingerprint density at radius 2 is 1.55 bits per heavy atom. The number of hydrogen-bond acceptors (Lipinski definition) is 3. The van der Waals surface area contributed by atoms with Crippen LogP contribution in [0.4, 0.5) is 5.69 Å². The Bertz CT molecular complexity index is 969. The molecule has 0 spiro atoms. The van der Waals surface area contributed by atoms with Crippen molar-refractivity contribution in [3.63, 3.8) is 0 Å². The number of para-hydroxylation sites is 1. The van der Waals surface area contributed by atoms with Gasteiger partial charge >= 0.3 is 0 Å². The molecule has 3 rings (SSSR count). The molecule has 0 fully saturated rings. The van der Waals surface area contributed by atoms with Crippen LogP contribution in [0.2, 0.25) is 0 Å². The highest BCUT2D eigenvalue weighted by Crippen LogP contribution is 2.14. The van der Waals surface area contributed by atoms with Crippen LogP contribution in [0.3, 0.4) is 0 Å². The fourth-order valence-electron chi connectivity index (χ4n) is 2.83. The van der Waals surface area contributed by atoms with Crippen molar-refractivity contribution >= 4 is 28.9 Å². The number of aryl methyl sites for hydroxylation is 2. The molecule has 0 heterocycles. The van der Waals surface area contributed by atoms with Gasteiger partial charge in [0.2, 0.25) is 0 Å². The van der Waals surface area contributed by atoms with Gasteiger partial charge in [-0.25, -0.2) is 0 Å². The van der Waals surface area contributed by atoms with Crippen LogP contribution in [0.1, 0.15) is 27.0 Å². The van der Waals surface area contributed by atoms with Crippen molar-refractivity contribution in [3.8, 4) is 5.75 Å². The van der Waals surface area contributed by atoms with E-state index in [4.69, 9.17) is 17.0 Å². The van der Waals surface area contributed by atoms with Crippen LogP contribution in [-0.2, 0) is 6.61 Å². The lowest BCUT2D eigenvalue weighted by Gasteiger charge is -2.13. The zero-order valence-electron chi connectivity index (χ0n) is 16.4. The summed E-state index contributed by atoms with van der Waals surface area (Å²) < 4.78 is 5.71. The van der Waals surface area contributed by atoms with Gasteiger partial charge in [0.05, 0.1) is 0 Å². The molecule has 0 aliphatic rings. The summed E-state index contributed by atoms with van der Waals surface area (Å²) >= 11 is 5.24. The second-order valence-electron chi connectivity index (χ2n) is 6.71. The molecule has 0 aliphatic carbocycles. The van der Waals surface area contributed by atoms with Crippen LogP contribution in [0, 0.1) is 13.8 Å². The van der Waals surface area contributed by atoms with Crippen molar-refractivity contribution in [1.29, 1.82) is 0 Å². The van der Waals surface area contributed by atoms with Crippen LogP contribution in [0.5, 0.6) is 5.75 Å². The first kappa shape index (κ1) is 20.4. The molecule has 0 saturated carbocycles. The second kappa shape index (κ2) is 9.71. The average Bonchev–Trinajstić information content (AvgIpc) is 2.71. The third-order valence-electron chi connectivity index (χ3n) is 4.13. The number of thiocarbonyl (C=S) groups is 1. The molecular formula is C23H23N3O2S. The predicted octanol–water partition coefficient (Wildman–Crippen LogP) is 4.51. The molecule has 0 bridgehead atoms. The van der Waals surface area contributed by atoms with E-state index in [1.165, 1.54) is 0 Å². The molecule has 1 amide bonds. The molecule has 0 radical (unpaired) electrons. The zero-order chi connectivity index (χ0) is 20.6. The third kappa shape index (κ3) is 6.33. The van der Waals surface area contributed by atoms with Crippen LogP contribution in [0.15, 0.2) is 72.8 Å². The van der Waals surface area contributed by atoms with Gasteiger partial charge in [-0.3, -0.25) is 15.6 Å². The van der Waals surface area contributed by atoms with Crippen molar-refractivity contribution in [2.24, 2.45) is 0 Å². The van der Waals surface area contributed by atoms with Crippen LogP contribution in [0.25, 0.3) is 0 Å². The molecular weight excluding hydrogens is 382 g/mol. The average molecular weight is 406 g/mol. The van der Waals surface area contributed by atoms with Crippen molar-refractivity contribution in [2.75, 3.05) is 5.32 Å². The van der Waals surface area contributed by atoms with E-state index in [0.717, 1.165) is 28.1 Å². The minimum atomic E-state index is -0.273. The van der Waals surface area contributed by atoms with Gasteiger partial charge in [0, 0.05) is 11.3 Å². The van der Waals surface area contributed by atoms with Gasteiger partial charge in [0.25, 0.3) is 5.91 Å². The summed E-state index contributed by atoms with van der Waals surface area (Å²) in [7, 11) is 0. The molecule has 148 valence electrons. The Morgan fingerprint density at radius 3 is 2.21 bits per heavy atom. The van der Waals surface area contributed by atoms with Crippen molar-refractivity contribution < 1.29 is 9.53 Å². The van der Waals surface area contributed by atoms with E-state index in [1.807, 2.05) is 68.4 Å². The molecule has 5 nitrogen and oxygen atoms in total. The molecule has 0 aliphatic heterocycles. The normalized spacial score (nSPS) is 10.1. The second-order valence-corrected chi connectivity index (χ2v) is 7.12. The van der Waals surface area contributed by atoms with E-state index in [1.54, 1.807) is 12.1 Å². The SMILES string of the molecule is Cc1cc(C)cc(NC(=S)NNC(=O)c2ccc(COc3ccccc3)cc2)c1. The first-order valence-corrected chi connectivity index (χ1v) is 9.63. The summed E-state index contributed by atoms with van der Waals surface area (Å²) in [6.07, 6.45) is 0. The highest BCUT2D eigenvalue weighted by Gasteiger charge is 2.07. The molecule has 3 N–H and O–H groups in total. The summed E-state index contributed by atoms with van der Waals surface area (Å²) in [6, 6.07) is 22.9. The Labute approximate surface area is 176 Å². The van der Waals surface area contributed by atoms with Crippen LogP contribution >= 0.6 is 12.2 Å². The highest BCUT2D eigenvalue weighted by molar-refractivity contribution is 7.80. The third-order valence-corrected chi connectivity index (χ3v) is 4.34. The fourth-order valence-corrected chi connectivity index (χ4v) is 3.00. The minimum Gasteiger partial charge on any atom is -0.489 e. The van der Waals surface area contributed by atoms with Gasteiger partial charge in [0.15, 0.2) is 5.11 Å². The number of benzene rings is 3. The maximum absolute atomic E-state index is 12.3. The standard InChI is InChI=1S/C23H23N3O2S/c1-16-12-17(2)14-20(13-16)24-23(29)26-25-22(27)19-10-8-18(9-11-19)15-28-21-6-4-3-5-7-21/h3-14H,15H2,1-2H3,(H,25,27)(H2,24,26,29). The number of nitrogens with one attached hydrogen (secondary N) is 3. The number of ether oxygens (including phenoxy) is 1. The Hall–Kier alpha value is -3.38. The van der Waals surface area contributed by atoms with Gasteiger partial charge in [-0.15, -0.1) is 0 Å². The highest BCUT2D eigenvalue weighted by atomic mass is 32.1. The van der Waals surface area contributed by atoms with Crippen molar-refractivity contribution in [2.45, 2.75) is 20.5 Å². The summed E-state index contributed by atoms with van der Waals surface area (Å²) in [5.74, 6) is 0.536. The van der Waals surface area contributed by atoms with Gasteiger partial charge in [-0.1, -0.05) is 36.4 Å². The number of amides is 1. The Morgan fingerprint density at radius 1 is 0.897 bits per heavy atom. The van der Waals surface area contributed by atoms with Crippen LogP contribution in [-0.4, -0.2) is 11.0 Å². The fraction of sp³-hybridized carbons (Fsp3) is 0.130. The van der Waals surface area contributed by atoms with E-state index in [0.29, 0.717) is 17.3 Å². The summed E-state index contributed by atoms with van der Waals surface area (Å²) in [4.78, 5) is 12.3. The monoisotopic (exact) mass is 405 g/mol. The van der Waals surface area contributed by atoms with E-state index in [9.17, 15) is 4.79 Å². The number of carbonyl (C=O) groups excluding carboxylic acids is 1. The first-order valence-electron chi connectivity index (χ1n) is 9.22. The lowest BCUT2D eigenvalue weighted by molar-refractivity contribution is 0.0944. The minimum absolute atomic E-state index is 0.273. The zero-order valence-corrected chi connectivity index (χ0v) is 17.2. The predicted molar refractivity (Wildman–Crippen MR) is 120 cm³/mol. The summed E-state index contributed by atoms with van der Waals surface area (Å²) in [5.41, 5.74) is 9.97. The molecule has 0 aromatic heterocycles. The van der Waals surface area contributed by atoms with Gasteiger partial charge in [0.1, 0.15) is 12.4 Å². The Balaban J connectivity index is 1.48. The first-order chi connectivity index (χ1) is 14.0. The molecule has 0 atom stereocenters. The number of anilines is 1. The van der Waals surface area contributed by atoms with Crippen molar-refractivity contribution in [3.05, 3.63) is 95.1 Å². The van der Waals surface area contributed by atoms with E-state index in [-0.39, 0.29) is 5.91 Å². The number of hydrogen-bond donors (Lipinski definition) is 3. The lowest BCUT2D eigenvalue weighted by atomic mass is 10.1. The van der Waals surface area contributed by atoms with E-state index >= 15 is 0 Å². The Kier molecular flexibility index (Phi) is 6.81. The molecule has 0 unspecified atom stereocenters. The number of carbonyl (C=O) groups is 1. The maximum atomic E-state index is 12.3. The molecule has 3 aromatic carbocycles. The van der Waals surface area contributed by atoms with E-state index < -0.39 is 0 Å². The van der Waals surface area contributed by atoms with Crippen molar-refractivity contribution in [1.82, 2.24) is 10.9 Å².